The van der Waals surface area contributed by atoms with Crippen LogP contribution < -0.4 is 0 Å². The number of nitrogens with zero attached hydrogens (tertiary/aromatic N) is 4. The van der Waals surface area contributed by atoms with E-state index < -0.39 is 22.0 Å². The fourth-order valence-electron chi connectivity index (χ4n) is 4.72. The summed E-state index contributed by atoms with van der Waals surface area (Å²) >= 11 is 0. The molecule has 0 aromatic rings. The van der Waals surface area contributed by atoms with Crippen LogP contribution in [0.2, 0.25) is 0 Å². The Balaban J connectivity index is 0.00000300. The first-order chi connectivity index (χ1) is 13.1. The van der Waals surface area contributed by atoms with Crippen molar-refractivity contribution in [2.24, 2.45) is 11.8 Å². The maximum absolute atomic E-state index is 12.8. The molecule has 8 nitrogen and oxygen atoms in total. The third-order valence-corrected chi connectivity index (χ3v) is 7.34. The van der Waals surface area contributed by atoms with Crippen LogP contribution in [0.4, 0.5) is 0 Å². The van der Waals surface area contributed by atoms with Gasteiger partial charge in [0.25, 0.3) is 0 Å². The molecule has 0 aromatic carbocycles. The quantitative estimate of drug-likeness (QED) is 0.561. The summed E-state index contributed by atoms with van der Waals surface area (Å²) in [4.78, 5) is 31.9. The van der Waals surface area contributed by atoms with Crippen molar-refractivity contribution in [1.82, 2.24) is 19.0 Å². The fourth-order valence-corrected chi connectivity index (χ4v) is 5.89. The molecular formula is C19H33ClN4O4S. The molecule has 166 valence electrons. The first-order valence-electron chi connectivity index (χ1n) is 10.0. The summed E-state index contributed by atoms with van der Waals surface area (Å²) in [6, 6.07) is -0.812. The van der Waals surface area contributed by atoms with Crippen LogP contribution in [0, 0.1) is 11.8 Å². The minimum Gasteiger partial charge on any atom is -0.333 e. The Bertz CT molecular complexity index is 749. The third kappa shape index (κ3) is 4.95. The lowest BCUT2D eigenvalue weighted by Gasteiger charge is -2.31. The van der Waals surface area contributed by atoms with E-state index in [0.29, 0.717) is 13.0 Å². The number of piperazine rings is 1. The van der Waals surface area contributed by atoms with Crippen LogP contribution >= 0.6 is 12.4 Å². The van der Waals surface area contributed by atoms with Gasteiger partial charge < -0.3 is 9.80 Å². The van der Waals surface area contributed by atoms with E-state index in [9.17, 15) is 18.0 Å². The van der Waals surface area contributed by atoms with Gasteiger partial charge in [-0.3, -0.25) is 14.5 Å². The molecule has 3 rings (SSSR count). The van der Waals surface area contributed by atoms with Gasteiger partial charge in [-0.15, -0.1) is 12.4 Å². The molecule has 2 amide bonds. The largest absolute Gasteiger partial charge is 0.333 e. The lowest BCUT2D eigenvalue weighted by molar-refractivity contribution is -0.131. The van der Waals surface area contributed by atoms with Gasteiger partial charge in [-0.25, -0.2) is 12.7 Å². The topological polar surface area (TPSA) is 81.2 Å². The lowest BCUT2D eigenvalue weighted by Crippen LogP contribution is -2.44. The lowest BCUT2D eigenvalue weighted by atomic mass is 9.88. The van der Waals surface area contributed by atoms with Crippen molar-refractivity contribution in [3.05, 3.63) is 12.2 Å². The molecule has 29 heavy (non-hydrogen) atoms. The Morgan fingerprint density at radius 3 is 2.34 bits per heavy atom. The molecule has 3 aliphatic heterocycles. The fraction of sp³-hybridized carbons (Fsp3) is 0.789. The number of likely N-dealkylation sites (tertiary alicyclic amines) is 1. The van der Waals surface area contributed by atoms with Crippen molar-refractivity contribution in [2.75, 3.05) is 52.6 Å². The van der Waals surface area contributed by atoms with Crippen LogP contribution in [-0.2, 0) is 19.6 Å². The van der Waals surface area contributed by atoms with E-state index in [1.54, 1.807) is 11.0 Å². The maximum Gasteiger partial charge on any atom is 0.246 e. The van der Waals surface area contributed by atoms with Crippen LogP contribution in [0.25, 0.3) is 0 Å². The second-order valence-electron chi connectivity index (χ2n) is 8.55. The van der Waals surface area contributed by atoms with Gasteiger partial charge in [-0.05, 0) is 19.4 Å². The van der Waals surface area contributed by atoms with Gasteiger partial charge in [0.15, 0.2) is 0 Å². The van der Waals surface area contributed by atoms with Crippen molar-refractivity contribution in [2.45, 2.75) is 32.4 Å². The molecule has 3 saturated heterocycles. The molecule has 0 bridgehead atoms. The molecule has 0 saturated carbocycles. The highest BCUT2D eigenvalue weighted by Crippen LogP contribution is 2.41. The number of hydrogen-bond donors (Lipinski definition) is 0. The molecule has 0 spiro atoms. The average molecular weight is 449 g/mol. The highest BCUT2D eigenvalue weighted by Gasteiger charge is 2.58. The molecule has 10 heteroatoms. The van der Waals surface area contributed by atoms with Gasteiger partial charge in [-0.2, -0.15) is 0 Å². The number of hydrogen-bond acceptors (Lipinski definition) is 6. The molecule has 3 atom stereocenters. The minimum absolute atomic E-state index is 0. The zero-order valence-electron chi connectivity index (χ0n) is 17.7. The first-order valence-corrected chi connectivity index (χ1v) is 11.9. The normalized spacial score (nSPS) is 29.0. The molecule has 0 aromatic heterocycles. The second kappa shape index (κ2) is 9.32. The third-order valence-electron chi connectivity index (χ3n) is 6.17. The number of carbonyl (C=O) groups is 2. The summed E-state index contributed by atoms with van der Waals surface area (Å²) in [7, 11) is -1.53. The van der Waals surface area contributed by atoms with Crippen LogP contribution in [-0.4, -0.2) is 104 Å². The van der Waals surface area contributed by atoms with Gasteiger partial charge >= 0.3 is 0 Å². The van der Waals surface area contributed by atoms with E-state index in [-0.39, 0.29) is 36.2 Å². The second-order valence-corrected chi connectivity index (χ2v) is 10.4. The van der Waals surface area contributed by atoms with Crippen LogP contribution in [0.1, 0.15) is 20.3 Å². The van der Waals surface area contributed by atoms with E-state index in [4.69, 9.17) is 0 Å². The highest BCUT2D eigenvalue weighted by molar-refractivity contribution is 7.88. The van der Waals surface area contributed by atoms with E-state index >= 15 is 0 Å². The predicted octanol–water partition coefficient (Wildman–Crippen LogP) is 0.255. The van der Waals surface area contributed by atoms with Crippen LogP contribution in [0.5, 0.6) is 0 Å². The Morgan fingerprint density at radius 2 is 1.79 bits per heavy atom. The Morgan fingerprint density at radius 1 is 1.17 bits per heavy atom. The SMILES string of the molecule is CC(C)[C@H]1C(=O)N(S(C)(=O)=O)[C@H]2CCN(C(=O)/C=C/CN3CCN(C)CC3)[C@H]12.Cl. The molecule has 3 heterocycles. The summed E-state index contributed by atoms with van der Waals surface area (Å²) in [6.45, 7) is 9.05. The van der Waals surface area contributed by atoms with E-state index in [0.717, 1.165) is 43.3 Å². The van der Waals surface area contributed by atoms with Crippen molar-refractivity contribution < 1.29 is 18.0 Å². The Kier molecular flexibility index (Phi) is 7.75. The van der Waals surface area contributed by atoms with Gasteiger partial charge in [0.05, 0.1) is 24.3 Å². The molecule has 0 unspecified atom stereocenters. The number of fused-ring (bicyclic) bond motifs is 1. The highest BCUT2D eigenvalue weighted by atomic mass is 35.5. The molecule has 3 fully saturated rings. The molecule has 3 aliphatic rings. The number of likely N-dealkylation sites (N-methyl/N-ethyl adjacent to an activating group) is 1. The maximum atomic E-state index is 12.8. The summed E-state index contributed by atoms with van der Waals surface area (Å²) in [5.74, 6) is -1.01. The number of halogens is 1. The zero-order valence-corrected chi connectivity index (χ0v) is 19.3. The van der Waals surface area contributed by atoms with E-state index in [1.807, 2.05) is 19.9 Å². The number of carbonyl (C=O) groups excluding carboxylic acids is 2. The van der Waals surface area contributed by atoms with Gasteiger partial charge in [-0.1, -0.05) is 19.9 Å². The average Bonchev–Trinajstić information content (AvgIpc) is 3.11. The summed E-state index contributed by atoms with van der Waals surface area (Å²) in [5, 5.41) is 0. The van der Waals surface area contributed by atoms with Crippen LogP contribution in [0.3, 0.4) is 0 Å². The zero-order chi connectivity index (χ0) is 20.6. The van der Waals surface area contributed by atoms with E-state index in [1.165, 1.54) is 0 Å². The van der Waals surface area contributed by atoms with Gasteiger partial charge in [0.2, 0.25) is 21.8 Å². The van der Waals surface area contributed by atoms with Crippen molar-refractivity contribution in [1.29, 1.82) is 0 Å². The summed E-state index contributed by atoms with van der Waals surface area (Å²) in [6.07, 6.45) is 5.05. The summed E-state index contributed by atoms with van der Waals surface area (Å²) < 4.78 is 25.4. The first kappa shape index (κ1) is 24.1. The van der Waals surface area contributed by atoms with Crippen LogP contribution in [0.15, 0.2) is 12.2 Å². The standard InChI is InChI=1S/C19H32N4O4S.ClH/c1-14(2)17-18-15(23(19(17)25)28(4,26)27)7-9-22(18)16(24)6-5-8-21-12-10-20(3)11-13-21;/h5-6,14-15,17-18H,7-13H2,1-4H3;1H/b6-5+;/t15-,17+,18-;/m0./s1. The van der Waals surface area contributed by atoms with Crippen molar-refractivity contribution in [3.63, 3.8) is 0 Å². The monoisotopic (exact) mass is 448 g/mol. The minimum atomic E-state index is -3.64. The Labute approximate surface area is 180 Å². The Hall–Kier alpha value is -1.16. The molecule has 0 aliphatic carbocycles. The number of sulfonamides is 1. The molecule has 0 N–H and O–H groups in total. The number of amides is 2. The van der Waals surface area contributed by atoms with Gasteiger partial charge in [0.1, 0.15) is 0 Å². The summed E-state index contributed by atoms with van der Waals surface area (Å²) in [5.41, 5.74) is 0. The van der Waals surface area contributed by atoms with E-state index in [2.05, 4.69) is 16.8 Å². The van der Waals surface area contributed by atoms with Crippen molar-refractivity contribution in [3.8, 4) is 0 Å². The smallest absolute Gasteiger partial charge is 0.246 e. The molecule has 0 radical (unpaired) electrons. The molecular weight excluding hydrogens is 416 g/mol. The van der Waals surface area contributed by atoms with Gasteiger partial charge in [0, 0.05) is 45.3 Å². The van der Waals surface area contributed by atoms with Crippen molar-refractivity contribution >= 4 is 34.2 Å². The predicted molar refractivity (Wildman–Crippen MR) is 114 cm³/mol. The number of rotatable bonds is 5.